The molecule has 0 radical (unpaired) electrons. The molecule has 0 aromatic rings. The maximum absolute atomic E-state index is 5.34. The second kappa shape index (κ2) is 3.14. The molecule has 0 N–H and O–H groups in total. The van der Waals surface area contributed by atoms with Gasteiger partial charge in [-0.3, -0.25) is 0 Å². The van der Waals surface area contributed by atoms with E-state index in [1.165, 1.54) is 5.31 Å². The molecule has 0 spiro atoms. The van der Waals surface area contributed by atoms with Crippen LogP contribution in [-0.4, -0.2) is 12.7 Å². The Morgan fingerprint density at radius 3 is 3.00 bits per heavy atom. The lowest BCUT2D eigenvalue weighted by Gasteiger charge is -2.08. The number of rotatable bonds is 2. The summed E-state index contributed by atoms with van der Waals surface area (Å²) in [4.78, 5) is 0. The molecule has 50 valence electrons. The van der Waals surface area contributed by atoms with E-state index in [1.807, 2.05) is 25.2 Å². The average Bonchev–Trinajstić information content (AvgIpc) is 2.18. The fourth-order valence-corrected chi connectivity index (χ4v) is 1.12. The largest absolute Gasteiger partial charge is 0.370 e. The fourth-order valence-electron chi connectivity index (χ4n) is 0.805. The fraction of sp³-hybridized carbons (Fsp3) is 0.429. The Bertz CT molecular complexity index is 149. The Morgan fingerprint density at radius 2 is 2.56 bits per heavy atom. The standard InChI is InChI=1S/C7H11OP/c1-2-8-6-4-3-5-7(6)9/h3-6H,2,9H2,1H3. The van der Waals surface area contributed by atoms with Gasteiger partial charge >= 0.3 is 0 Å². The van der Waals surface area contributed by atoms with Crippen LogP contribution in [0.3, 0.4) is 0 Å². The topological polar surface area (TPSA) is 9.23 Å². The monoisotopic (exact) mass is 142 g/mol. The Morgan fingerprint density at radius 1 is 1.78 bits per heavy atom. The molecule has 2 atom stereocenters. The molecule has 0 heterocycles. The van der Waals surface area contributed by atoms with Gasteiger partial charge in [0.2, 0.25) is 0 Å². The predicted octanol–water partition coefficient (Wildman–Crippen LogP) is 1.72. The van der Waals surface area contributed by atoms with Crippen LogP contribution in [0.4, 0.5) is 0 Å². The van der Waals surface area contributed by atoms with Crippen molar-refractivity contribution in [3.8, 4) is 0 Å². The summed E-state index contributed by atoms with van der Waals surface area (Å²) in [6.07, 6.45) is 6.33. The van der Waals surface area contributed by atoms with Gasteiger partial charge in [-0.15, -0.1) is 9.24 Å². The summed E-state index contributed by atoms with van der Waals surface area (Å²) in [7, 11) is 2.66. The van der Waals surface area contributed by atoms with Crippen molar-refractivity contribution >= 4 is 9.24 Å². The molecular formula is C7H11OP. The highest BCUT2D eigenvalue weighted by molar-refractivity contribution is 7.22. The van der Waals surface area contributed by atoms with E-state index in [0.717, 1.165) is 6.61 Å². The van der Waals surface area contributed by atoms with E-state index < -0.39 is 0 Å². The number of hydrogen-bond donors (Lipinski definition) is 0. The minimum Gasteiger partial charge on any atom is -0.370 e. The van der Waals surface area contributed by atoms with Gasteiger partial charge < -0.3 is 4.74 Å². The van der Waals surface area contributed by atoms with Crippen LogP contribution in [0.15, 0.2) is 23.5 Å². The summed E-state index contributed by atoms with van der Waals surface area (Å²) in [5, 5.41) is 1.22. The highest BCUT2D eigenvalue weighted by Gasteiger charge is 2.08. The molecule has 0 fully saturated rings. The molecule has 0 bridgehead atoms. The molecule has 0 aromatic heterocycles. The lowest BCUT2D eigenvalue weighted by molar-refractivity contribution is 0.127. The van der Waals surface area contributed by atoms with Gasteiger partial charge in [-0.25, -0.2) is 0 Å². The zero-order chi connectivity index (χ0) is 6.69. The molecule has 1 aliphatic rings. The average molecular weight is 142 g/mol. The molecule has 1 aliphatic carbocycles. The zero-order valence-corrected chi connectivity index (χ0v) is 6.66. The van der Waals surface area contributed by atoms with Crippen molar-refractivity contribution in [1.29, 1.82) is 0 Å². The lowest BCUT2D eigenvalue weighted by atomic mass is 10.4. The van der Waals surface area contributed by atoms with Crippen molar-refractivity contribution in [3.05, 3.63) is 23.5 Å². The maximum atomic E-state index is 5.34. The molecular weight excluding hydrogens is 131 g/mol. The van der Waals surface area contributed by atoms with E-state index in [9.17, 15) is 0 Å². The van der Waals surface area contributed by atoms with Crippen LogP contribution in [0.1, 0.15) is 6.92 Å². The minimum atomic E-state index is 0.222. The van der Waals surface area contributed by atoms with Gasteiger partial charge in [0.15, 0.2) is 0 Å². The highest BCUT2D eigenvalue weighted by atomic mass is 31.0. The molecule has 0 saturated heterocycles. The zero-order valence-electron chi connectivity index (χ0n) is 5.50. The second-order valence-electron chi connectivity index (χ2n) is 1.93. The summed E-state index contributed by atoms with van der Waals surface area (Å²) in [5.74, 6) is 0. The van der Waals surface area contributed by atoms with Crippen LogP contribution in [-0.2, 0) is 4.74 Å². The van der Waals surface area contributed by atoms with Gasteiger partial charge in [-0.2, -0.15) is 0 Å². The Kier molecular flexibility index (Phi) is 2.44. The van der Waals surface area contributed by atoms with E-state index in [4.69, 9.17) is 4.74 Å². The Hall–Kier alpha value is -0.130. The molecule has 9 heavy (non-hydrogen) atoms. The van der Waals surface area contributed by atoms with E-state index in [-0.39, 0.29) is 6.10 Å². The molecule has 0 aliphatic heterocycles. The maximum Gasteiger partial charge on any atom is 0.101 e. The first-order valence-electron chi connectivity index (χ1n) is 3.10. The van der Waals surface area contributed by atoms with Crippen molar-refractivity contribution < 1.29 is 4.74 Å². The molecule has 0 saturated carbocycles. The third-order valence-electron chi connectivity index (χ3n) is 1.25. The summed E-state index contributed by atoms with van der Waals surface area (Å²) < 4.78 is 5.34. The van der Waals surface area contributed by atoms with Crippen LogP contribution >= 0.6 is 9.24 Å². The minimum absolute atomic E-state index is 0.222. The van der Waals surface area contributed by atoms with Crippen LogP contribution in [0, 0.1) is 0 Å². The Labute approximate surface area is 58.0 Å². The van der Waals surface area contributed by atoms with Crippen molar-refractivity contribution in [2.24, 2.45) is 0 Å². The molecule has 1 rings (SSSR count). The summed E-state index contributed by atoms with van der Waals surface area (Å²) in [6.45, 7) is 2.78. The van der Waals surface area contributed by atoms with Crippen molar-refractivity contribution in [3.63, 3.8) is 0 Å². The normalized spacial score (nSPS) is 24.7. The first-order valence-corrected chi connectivity index (χ1v) is 3.67. The van der Waals surface area contributed by atoms with Crippen LogP contribution in [0.5, 0.6) is 0 Å². The third-order valence-corrected chi connectivity index (χ3v) is 1.77. The van der Waals surface area contributed by atoms with Gasteiger partial charge in [0, 0.05) is 6.61 Å². The van der Waals surface area contributed by atoms with Gasteiger partial charge in [0.1, 0.15) is 6.10 Å². The molecule has 0 aromatic carbocycles. The molecule has 2 unspecified atom stereocenters. The summed E-state index contributed by atoms with van der Waals surface area (Å²) in [5.41, 5.74) is 0. The van der Waals surface area contributed by atoms with E-state index in [2.05, 4.69) is 9.24 Å². The lowest BCUT2D eigenvalue weighted by Crippen LogP contribution is -2.06. The summed E-state index contributed by atoms with van der Waals surface area (Å²) in [6, 6.07) is 0. The highest BCUT2D eigenvalue weighted by Crippen LogP contribution is 2.20. The molecule has 1 nitrogen and oxygen atoms in total. The van der Waals surface area contributed by atoms with E-state index in [1.54, 1.807) is 0 Å². The summed E-state index contributed by atoms with van der Waals surface area (Å²) >= 11 is 0. The van der Waals surface area contributed by atoms with Crippen molar-refractivity contribution in [1.82, 2.24) is 0 Å². The quantitative estimate of drug-likeness (QED) is 0.533. The van der Waals surface area contributed by atoms with E-state index >= 15 is 0 Å². The molecule has 2 heteroatoms. The third kappa shape index (κ3) is 1.64. The van der Waals surface area contributed by atoms with Gasteiger partial charge in [-0.05, 0) is 12.2 Å². The predicted molar refractivity (Wildman–Crippen MR) is 42.3 cm³/mol. The van der Waals surface area contributed by atoms with Crippen LogP contribution in [0.2, 0.25) is 0 Å². The Balaban J connectivity index is 2.43. The molecule has 0 amide bonds. The number of ether oxygens (including phenoxy) is 1. The number of allylic oxidation sites excluding steroid dienone is 2. The first kappa shape index (κ1) is 6.98. The second-order valence-corrected chi connectivity index (χ2v) is 2.59. The van der Waals surface area contributed by atoms with Gasteiger partial charge in [0.05, 0.1) is 0 Å². The smallest absolute Gasteiger partial charge is 0.101 e. The van der Waals surface area contributed by atoms with Crippen molar-refractivity contribution in [2.75, 3.05) is 6.61 Å². The van der Waals surface area contributed by atoms with E-state index in [0.29, 0.717) is 0 Å². The van der Waals surface area contributed by atoms with Crippen molar-refractivity contribution in [2.45, 2.75) is 13.0 Å². The van der Waals surface area contributed by atoms with Gasteiger partial charge in [0.25, 0.3) is 0 Å². The number of hydrogen-bond acceptors (Lipinski definition) is 1. The SMILES string of the molecule is CCOC1C=CC=C1P. The van der Waals surface area contributed by atoms with Crippen LogP contribution in [0.25, 0.3) is 0 Å². The van der Waals surface area contributed by atoms with Crippen LogP contribution < -0.4 is 0 Å². The van der Waals surface area contributed by atoms with Gasteiger partial charge in [-0.1, -0.05) is 18.2 Å². The first-order chi connectivity index (χ1) is 4.34.